The van der Waals surface area contributed by atoms with Crippen molar-refractivity contribution in [3.05, 3.63) is 42.5 Å². The van der Waals surface area contributed by atoms with E-state index in [1.54, 1.807) is 16.9 Å². The number of benzene rings is 2. The van der Waals surface area contributed by atoms with Gasteiger partial charge in [0.2, 0.25) is 5.91 Å². The molecule has 3 heterocycles. The second-order valence-electron chi connectivity index (χ2n) is 8.25. The molecule has 0 atom stereocenters. The Hall–Kier alpha value is -3.62. The van der Waals surface area contributed by atoms with Crippen LogP contribution in [0.3, 0.4) is 0 Å². The van der Waals surface area contributed by atoms with E-state index in [1.165, 1.54) is 0 Å². The summed E-state index contributed by atoms with van der Waals surface area (Å²) in [6.07, 6.45) is 0. The predicted octanol–water partition coefficient (Wildman–Crippen LogP) is 2.06. The van der Waals surface area contributed by atoms with Crippen molar-refractivity contribution in [1.82, 2.24) is 9.80 Å². The maximum Gasteiger partial charge on any atom is 0.325 e. The molecule has 2 aromatic carbocycles. The van der Waals surface area contributed by atoms with Gasteiger partial charge in [0.25, 0.3) is 0 Å². The second-order valence-corrected chi connectivity index (χ2v) is 8.25. The Bertz CT molecular complexity index is 1020. The summed E-state index contributed by atoms with van der Waals surface area (Å²) < 4.78 is 16.4. The first-order valence-electron chi connectivity index (χ1n) is 11.3. The van der Waals surface area contributed by atoms with Crippen LogP contribution in [-0.4, -0.2) is 87.9 Å². The lowest BCUT2D eigenvalue weighted by atomic mass is 10.2. The number of amides is 3. The van der Waals surface area contributed by atoms with E-state index in [4.69, 9.17) is 14.2 Å². The molecule has 3 amide bonds. The number of rotatable bonds is 5. The molecule has 33 heavy (non-hydrogen) atoms. The summed E-state index contributed by atoms with van der Waals surface area (Å²) in [6.45, 7) is 4.97. The molecule has 0 aromatic heterocycles. The standard InChI is InChI=1S/C24H28N4O5/c1-31-20-5-2-18(3-6-20)25-8-10-26(11-9-25)23(29)17-27-12-13-28(24(27)30)19-4-7-21-22(16-19)33-15-14-32-21/h2-7,16H,8-15,17H2,1H3. The number of hydrogen-bond donors (Lipinski definition) is 0. The molecular weight excluding hydrogens is 424 g/mol. The lowest BCUT2D eigenvalue weighted by molar-refractivity contribution is -0.131. The second kappa shape index (κ2) is 9.09. The zero-order valence-corrected chi connectivity index (χ0v) is 18.7. The predicted molar refractivity (Wildman–Crippen MR) is 124 cm³/mol. The highest BCUT2D eigenvalue weighted by Gasteiger charge is 2.33. The van der Waals surface area contributed by atoms with Crippen LogP contribution in [0.25, 0.3) is 0 Å². The Labute approximate surface area is 193 Å². The molecule has 9 nitrogen and oxygen atoms in total. The molecule has 5 rings (SSSR count). The molecule has 0 N–H and O–H groups in total. The molecule has 2 aromatic rings. The van der Waals surface area contributed by atoms with Crippen molar-refractivity contribution in [2.45, 2.75) is 0 Å². The zero-order valence-electron chi connectivity index (χ0n) is 18.7. The molecule has 3 aliphatic heterocycles. The van der Waals surface area contributed by atoms with Crippen LogP contribution in [0.5, 0.6) is 17.2 Å². The van der Waals surface area contributed by atoms with E-state index in [0.717, 1.165) is 30.2 Å². The first kappa shape index (κ1) is 21.2. The summed E-state index contributed by atoms with van der Waals surface area (Å²) in [5.74, 6) is 2.16. The fraction of sp³-hybridized carbons (Fsp3) is 0.417. The van der Waals surface area contributed by atoms with Crippen LogP contribution < -0.4 is 24.0 Å². The summed E-state index contributed by atoms with van der Waals surface area (Å²) in [7, 11) is 1.65. The minimum Gasteiger partial charge on any atom is -0.497 e. The van der Waals surface area contributed by atoms with Gasteiger partial charge in [0.05, 0.1) is 7.11 Å². The summed E-state index contributed by atoms with van der Waals surface area (Å²) >= 11 is 0. The number of ether oxygens (including phenoxy) is 3. The van der Waals surface area contributed by atoms with Crippen molar-refractivity contribution in [2.75, 3.05) is 75.9 Å². The van der Waals surface area contributed by atoms with Crippen molar-refractivity contribution in [3.8, 4) is 17.2 Å². The van der Waals surface area contributed by atoms with E-state index >= 15 is 0 Å². The third-order valence-corrected chi connectivity index (χ3v) is 6.33. The SMILES string of the molecule is COc1ccc(N2CCN(C(=O)CN3CCN(c4ccc5c(c4)OCCO5)C3=O)CC2)cc1. The monoisotopic (exact) mass is 452 g/mol. The number of urea groups is 1. The minimum atomic E-state index is -0.156. The highest BCUT2D eigenvalue weighted by molar-refractivity contribution is 5.96. The van der Waals surface area contributed by atoms with Crippen LogP contribution in [0.1, 0.15) is 0 Å². The van der Waals surface area contributed by atoms with Crippen molar-refractivity contribution in [3.63, 3.8) is 0 Å². The quantitative estimate of drug-likeness (QED) is 0.692. The molecule has 0 radical (unpaired) electrons. The van der Waals surface area contributed by atoms with E-state index in [0.29, 0.717) is 50.9 Å². The van der Waals surface area contributed by atoms with Gasteiger partial charge in [0, 0.05) is 56.7 Å². The number of methoxy groups -OCH3 is 1. The topological polar surface area (TPSA) is 74.8 Å². The van der Waals surface area contributed by atoms with Crippen molar-refractivity contribution in [2.24, 2.45) is 0 Å². The van der Waals surface area contributed by atoms with Gasteiger partial charge in [-0.1, -0.05) is 0 Å². The third-order valence-electron chi connectivity index (χ3n) is 6.33. The first-order chi connectivity index (χ1) is 16.1. The number of nitrogens with zero attached hydrogens (tertiary/aromatic N) is 4. The smallest absolute Gasteiger partial charge is 0.325 e. The summed E-state index contributed by atoms with van der Waals surface area (Å²) in [4.78, 5) is 33.3. The van der Waals surface area contributed by atoms with Crippen LogP contribution in [0.15, 0.2) is 42.5 Å². The van der Waals surface area contributed by atoms with Crippen LogP contribution in [0.2, 0.25) is 0 Å². The third kappa shape index (κ3) is 4.35. The van der Waals surface area contributed by atoms with E-state index in [1.807, 2.05) is 47.4 Å². The number of fused-ring (bicyclic) bond motifs is 1. The molecule has 0 unspecified atom stereocenters. The van der Waals surface area contributed by atoms with Gasteiger partial charge in [0.1, 0.15) is 25.5 Å². The van der Waals surface area contributed by atoms with Crippen LogP contribution in [0, 0.1) is 0 Å². The molecular formula is C24H28N4O5. The largest absolute Gasteiger partial charge is 0.497 e. The van der Waals surface area contributed by atoms with E-state index < -0.39 is 0 Å². The number of carbonyl (C=O) groups is 2. The van der Waals surface area contributed by atoms with Crippen LogP contribution in [0.4, 0.5) is 16.2 Å². The highest BCUT2D eigenvalue weighted by Crippen LogP contribution is 2.35. The number of carbonyl (C=O) groups excluding carboxylic acids is 2. The number of anilines is 2. The van der Waals surface area contributed by atoms with Crippen molar-refractivity contribution >= 4 is 23.3 Å². The number of hydrogen-bond acceptors (Lipinski definition) is 6. The molecule has 0 saturated carbocycles. The average molecular weight is 453 g/mol. The maximum absolute atomic E-state index is 13.0. The van der Waals surface area contributed by atoms with Crippen molar-refractivity contribution in [1.29, 1.82) is 0 Å². The first-order valence-corrected chi connectivity index (χ1v) is 11.3. The van der Waals surface area contributed by atoms with Gasteiger partial charge in [-0.2, -0.15) is 0 Å². The fourth-order valence-electron chi connectivity index (χ4n) is 4.44. The maximum atomic E-state index is 13.0. The molecule has 0 spiro atoms. The Morgan fingerprint density at radius 1 is 0.879 bits per heavy atom. The van der Waals surface area contributed by atoms with E-state index in [-0.39, 0.29) is 18.5 Å². The Kier molecular flexibility index (Phi) is 5.85. The van der Waals surface area contributed by atoms with E-state index in [2.05, 4.69) is 4.90 Å². The molecule has 0 bridgehead atoms. The average Bonchev–Trinajstić information content (AvgIpc) is 3.23. The Morgan fingerprint density at radius 3 is 2.30 bits per heavy atom. The van der Waals surface area contributed by atoms with Crippen LogP contribution >= 0.6 is 0 Å². The Morgan fingerprint density at radius 2 is 1.58 bits per heavy atom. The molecule has 2 fully saturated rings. The Balaban J connectivity index is 1.15. The number of piperazine rings is 1. The van der Waals surface area contributed by atoms with Gasteiger partial charge in [-0.05, 0) is 36.4 Å². The molecule has 3 aliphatic rings. The molecule has 0 aliphatic carbocycles. The molecule has 9 heteroatoms. The lowest BCUT2D eigenvalue weighted by Gasteiger charge is -2.36. The van der Waals surface area contributed by atoms with E-state index in [9.17, 15) is 9.59 Å². The molecule has 174 valence electrons. The van der Waals surface area contributed by atoms with Crippen molar-refractivity contribution < 1.29 is 23.8 Å². The molecule has 2 saturated heterocycles. The van der Waals surface area contributed by atoms with Gasteiger partial charge in [-0.15, -0.1) is 0 Å². The van der Waals surface area contributed by atoms with Gasteiger partial charge in [-0.25, -0.2) is 4.79 Å². The summed E-state index contributed by atoms with van der Waals surface area (Å²) in [5.41, 5.74) is 1.87. The van der Waals surface area contributed by atoms with Gasteiger partial charge >= 0.3 is 6.03 Å². The summed E-state index contributed by atoms with van der Waals surface area (Å²) in [5, 5.41) is 0. The minimum absolute atomic E-state index is 0.0123. The summed E-state index contributed by atoms with van der Waals surface area (Å²) in [6, 6.07) is 13.3. The van der Waals surface area contributed by atoms with Gasteiger partial charge in [-0.3, -0.25) is 9.69 Å². The van der Waals surface area contributed by atoms with Crippen LogP contribution in [-0.2, 0) is 4.79 Å². The lowest BCUT2D eigenvalue weighted by Crippen LogP contribution is -2.51. The highest BCUT2D eigenvalue weighted by atomic mass is 16.6. The van der Waals surface area contributed by atoms with Gasteiger partial charge in [0.15, 0.2) is 11.5 Å². The fourth-order valence-corrected chi connectivity index (χ4v) is 4.44. The van der Waals surface area contributed by atoms with Gasteiger partial charge < -0.3 is 28.9 Å². The normalized spacial score (nSPS) is 18.0. The zero-order chi connectivity index (χ0) is 22.8.